The molecular formula is C24H24F2N8O. The van der Waals surface area contributed by atoms with E-state index in [1.165, 1.54) is 6.20 Å². The fourth-order valence-electron chi connectivity index (χ4n) is 3.81. The summed E-state index contributed by atoms with van der Waals surface area (Å²) in [7, 11) is 5.76. The number of aromatic nitrogens is 4. The summed E-state index contributed by atoms with van der Waals surface area (Å²) in [5.41, 5.74) is 1.61. The second-order valence-electron chi connectivity index (χ2n) is 8.47. The topological polar surface area (TPSA) is 91.3 Å². The summed E-state index contributed by atoms with van der Waals surface area (Å²) in [5, 5.41) is 6.72. The summed E-state index contributed by atoms with van der Waals surface area (Å²) < 4.78 is 32.6. The Morgan fingerprint density at radius 1 is 0.971 bits per heavy atom. The van der Waals surface area contributed by atoms with E-state index in [0.29, 0.717) is 45.8 Å². The molecule has 2 N–H and O–H groups in total. The summed E-state index contributed by atoms with van der Waals surface area (Å²) in [6.45, 7) is 1.79. The predicted molar refractivity (Wildman–Crippen MR) is 131 cm³/mol. The fourth-order valence-corrected chi connectivity index (χ4v) is 3.81. The van der Waals surface area contributed by atoms with Crippen molar-refractivity contribution in [3.63, 3.8) is 0 Å². The molecule has 180 valence electrons. The maximum Gasteiger partial charge on any atom is 0.229 e. The van der Waals surface area contributed by atoms with E-state index < -0.39 is 11.6 Å². The number of pyridine rings is 2. The molecule has 0 atom stereocenters. The van der Waals surface area contributed by atoms with Gasteiger partial charge in [0.15, 0.2) is 23.2 Å². The van der Waals surface area contributed by atoms with Gasteiger partial charge < -0.3 is 25.2 Å². The maximum absolute atomic E-state index is 13.6. The number of hydrogen-bond acceptors (Lipinski definition) is 9. The van der Waals surface area contributed by atoms with Crippen LogP contribution in [0.4, 0.5) is 37.7 Å². The van der Waals surface area contributed by atoms with Gasteiger partial charge in [-0.2, -0.15) is 4.98 Å². The number of halogens is 2. The largest absolute Gasteiger partial charge is 0.493 e. The van der Waals surface area contributed by atoms with Gasteiger partial charge in [-0.15, -0.1) is 0 Å². The molecule has 0 saturated carbocycles. The van der Waals surface area contributed by atoms with Gasteiger partial charge in [0, 0.05) is 42.8 Å². The number of anilines is 5. The Bertz CT molecular complexity index is 1380. The van der Waals surface area contributed by atoms with Crippen LogP contribution in [0.5, 0.6) is 5.75 Å². The lowest BCUT2D eigenvalue weighted by Crippen LogP contribution is -2.57. The molecule has 1 aliphatic rings. The molecule has 35 heavy (non-hydrogen) atoms. The second kappa shape index (κ2) is 9.26. The molecule has 0 aliphatic carbocycles. The molecule has 1 saturated heterocycles. The molecular weight excluding hydrogens is 454 g/mol. The molecule has 0 radical (unpaired) electrons. The highest BCUT2D eigenvalue weighted by Gasteiger charge is 2.31. The number of benzene rings is 1. The van der Waals surface area contributed by atoms with Crippen molar-refractivity contribution in [3.05, 3.63) is 60.6 Å². The summed E-state index contributed by atoms with van der Waals surface area (Å²) in [6.07, 6.45) is 4.84. The SMILES string of the molecule is COc1cc(Nc2nccc(Nc3cnc4cc(F)c(F)cc4c3)n2)cnc1N1CC(N(C)C)C1. The van der Waals surface area contributed by atoms with Gasteiger partial charge in [-0.25, -0.2) is 18.7 Å². The minimum absolute atomic E-state index is 0.352. The molecule has 1 aromatic carbocycles. The first-order valence-corrected chi connectivity index (χ1v) is 11.0. The molecule has 0 amide bonds. The highest BCUT2D eigenvalue weighted by Crippen LogP contribution is 2.33. The van der Waals surface area contributed by atoms with Gasteiger partial charge in [0.25, 0.3) is 0 Å². The number of nitrogens with one attached hydrogen (secondary N) is 2. The van der Waals surface area contributed by atoms with Crippen molar-refractivity contribution in [1.29, 1.82) is 0 Å². The van der Waals surface area contributed by atoms with E-state index in [0.717, 1.165) is 31.0 Å². The molecule has 11 heteroatoms. The molecule has 0 bridgehead atoms. The third kappa shape index (κ3) is 4.76. The molecule has 4 aromatic rings. The lowest BCUT2D eigenvalue weighted by atomic mass is 10.1. The Morgan fingerprint density at radius 3 is 2.49 bits per heavy atom. The maximum atomic E-state index is 13.6. The predicted octanol–water partition coefficient (Wildman–Crippen LogP) is 3.94. The van der Waals surface area contributed by atoms with Crippen LogP contribution in [0.25, 0.3) is 10.9 Å². The highest BCUT2D eigenvalue weighted by molar-refractivity contribution is 5.82. The first kappa shape index (κ1) is 22.7. The van der Waals surface area contributed by atoms with Gasteiger partial charge in [0.2, 0.25) is 5.95 Å². The van der Waals surface area contributed by atoms with Crippen LogP contribution >= 0.6 is 0 Å². The Hall–Kier alpha value is -4.12. The second-order valence-corrected chi connectivity index (χ2v) is 8.47. The van der Waals surface area contributed by atoms with Gasteiger partial charge in [-0.05, 0) is 32.3 Å². The lowest BCUT2D eigenvalue weighted by Gasteiger charge is -2.43. The molecule has 1 aliphatic heterocycles. The third-order valence-corrected chi connectivity index (χ3v) is 5.85. The van der Waals surface area contributed by atoms with Crippen LogP contribution in [0, 0.1) is 11.6 Å². The number of nitrogens with zero attached hydrogens (tertiary/aromatic N) is 6. The van der Waals surface area contributed by atoms with Crippen molar-refractivity contribution in [2.45, 2.75) is 6.04 Å². The van der Waals surface area contributed by atoms with Crippen molar-refractivity contribution < 1.29 is 13.5 Å². The standard InChI is InChI=1S/C24H24F2N8O/c1-33(2)17-12-34(13-17)23-21(35-3)8-16(11-29-23)31-24-27-5-4-22(32-24)30-15-6-14-7-18(25)19(26)9-20(14)28-10-15/h4-11,17H,12-13H2,1-3H3,(H2,27,30,31,32). The number of fused-ring (bicyclic) bond motifs is 1. The van der Waals surface area contributed by atoms with Crippen molar-refractivity contribution in [1.82, 2.24) is 24.8 Å². The number of likely N-dealkylation sites (N-methyl/N-ethyl adjacent to an activating group) is 1. The summed E-state index contributed by atoms with van der Waals surface area (Å²) in [6, 6.07) is 7.90. The van der Waals surface area contributed by atoms with Gasteiger partial charge in [-0.3, -0.25) is 4.98 Å². The van der Waals surface area contributed by atoms with Gasteiger partial charge >= 0.3 is 0 Å². The minimum atomic E-state index is -0.931. The Balaban J connectivity index is 1.30. The first-order valence-electron chi connectivity index (χ1n) is 11.0. The monoisotopic (exact) mass is 478 g/mol. The van der Waals surface area contributed by atoms with Crippen LogP contribution in [0.2, 0.25) is 0 Å². The van der Waals surface area contributed by atoms with E-state index in [4.69, 9.17) is 4.74 Å². The highest BCUT2D eigenvalue weighted by atomic mass is 19.2. The van der Waals surface area contributed by atoms with E-state index in [1.807, 2.05) is 6.07 Å². The molecule has 0 spiro atoms. The van der Waals surface area contributed by atoms with Crippen LogP contribution in [0.3, 0.4) is 0 Å². The molecule has 4 heterocycles. The zero-order valence-corrected chi connectivity index (χ0v) is 19.5. The van der Waals surface area contributed by atoms with Crippen LogP contribution < -0.4 is 20.3 Å². The van der Waals surface area contributed by atoms with Crippen LogP contribution in [0.15, 0.2) is 48.9 Å². The van der Waals surface area contributed by atoms with Gasteiger partial charge in [0.05, 0.1) is 36.4 Å². The average molecular weight is 479 g/mol. The van der Waals surface area contributed by atoms with Crippen molar-refractivity contribution in [2.24, 2.45) is 0 Å². The van der Waals surface area contributed by atoms with Crippen LogP contribution in [-0.4, -0.2) is 65.2 Å². The first-order chi connectivity index (χ1) is 16.9. The van der Waals surface area contributed by atoms with Crippen LogP contribution in [0.1, 0.15) is 0 Å². The Morgan fingerprint density at radius 2 is 1.71 bits per heavy atom. The minimum Gasteiger partial charge on any atom is -0.493 e. The van der Waals surface area contributed by atoms with Crippen molar-refractivity contribution >= 4 is 39.9 Å². The van der Waals surface area contributed by atoms with Crippen LogP contribution in [-0.2, 0) is 0 Å². The molecule has 1 fully saturated rings. The molecule has 9 nitrogen and oxygen atoms in total. The fraction of sp³-hybridized carbons (Fsp3) is 0.250. The summed E-state index contributed by atoms with van der Waals surface area (Å²) in [5.74, 6) is 0.453. The van der Waals surface area contributed by atoms with Gasteiger partial charge in [0.1, 0.15) is 5.82 Å². The number of rotatable bonds is 7. The Kier molecular flexibility index (Phi) is 6.00. The van der Waals surface area contributed by atoms with E-state index >= 15 is 0 Å². The third-order valence-electron chi connectivity index (χ3n) is 5.85. The normalized spacial score (nSPS) is 13.7. The number of ether oxygens (including phenoxy) is 1. The lowest BCUT2D eigenvalue weighted by molar-refractivity contribution is 0.244. The molecule has 5 rings (SSSR count). The zero-order valence-electron chi connectivity index (χ0n) is 19.5. The molecule has 3 aromatic heterocycles. The van der Waals surface area contributed by atoms with Crippen molar-refractivity contribution in [3.8, 4) is 5.75 Å². The quantitative estimate of drug-likeness (QED) is 0.410. The zero-order chi connectivity index (χ0) is 24.5. The van der Waals surface area contributed by atoms with Gasteiger partial charge in [-0.1, -0.05) is 0 Å². The van der Waals surface area contributed by atoms with Crippen molar-refractivity contribution in [2.75, 3.05) is 49.8 Å². The molecule has 0 unspecified atom stereocenters. The summed E-state index contributed by atoms with van der Waals surface area (Å²) in [4.78, 5) is 21.9. The summed E-state index contributed by atoms with van der Waals surface area (Å²) >= 11 is 0. The van der Waals surface area contributed by atoms with E-state index in [-0.39, 0.29) is 0 Å². The smallest absolute Gasteiger partial charge is 0.229 e. The number of methoxy groups -OCH3 is 1. The Labute approximate surface area is 200 Å². The van der Waals surface area contributed by atoms with E-state index in [1.54, 1.807) is 31.6 Å². The van der Waals surface area contributed by atoms with E-state index in [9.17, 15) is 8.78 Å². The average Bonchev–Trinajstić information content (AvgIpc) is 2.80. The number of hydrogen-bond donors (Lipinski definition) is 2. The van der Waals surface area contributed by atoms with E-state index in [2.05, 4.69) is 54.5 Å².